The van der Waals surface area contributed by atoms with Crippen molar-refractivity contribution >= 4 is 12.3 Å². The molecule has 1 N–H and O–H groups in total. The van der Waals surface area contributed by atoms with Crippen LogP contribution < -0.4 is 0 Å². The van der Waals surface area contributed by atoms with E-state index in [4.69, 9.17) is 9.90 Å². The van der Waals surface area contributed by atoms with Gasteiger partial charge in [0.25, 0.3) is 6.47 Å². The molecule has 0 aliphatic heterocycles. The predicted molar refractivity (Wildman–Crippen MR) is 41.3 cm³/mol. The summed E-state index contributed by atoms with van der Waals surface area (Å²) in [6.45, 7) is 1.84. The summed E-state index contributed by atoms with van der Waals surface area (Å²) in [7, 11) is 0. The van der Waals surface area contributed by atoms with Gasteiger partial charge in [0.15, 0.2) is 0 Å². The largest absolute Gasteiger partial charge is 0.483 e. The minimum atomic E-state index is -0.250. The van der Waals surface area contributed by atoms with Crippen LogP contribution in [0.5, 0.6) is 0 Å². The van der Waals surface area contributed by atoms with E-state index in [0.29, 0.717) is 11.7 Å². The van der Waals surface area contributed by atoms with Crippen LogP contribution in [0.15, 0.2) is 0 Å². The van der Waals surface area contributed by atoms with Crippen LogP contribution in [0.4, 0.5) is 0 Å². The van der Waals surface area contributed by atoms with Gasteiger partial charge in [-0.2, -0.15) is 0 Å². The molecule has 1 aliphatic rings. The molecule has 64 valence electrons. The van der Waals surface area contributed by atoms with Gasteiger partial charge < -0.3 is 5.11 Å². The fraction of sp³-hybridized carbons (Fsp3) is 0.750. The molecule has 0 saturated heterocycles. The van der Waals surface area contributed by atoms with Crippen molar-refractivity contribution in [3.8, 4) is 0 Å². The average Bonchev–Trinajstić information content (AvgIpc) is 2.36. The maximum absolute atomic E-state index is 10.8. The highest BCUT2D eigenvalue weighted by molar-refractivity contribution is 5.82. The Kier molecular flexibility index (Phi) is 5.43. The van der Waals surface area contributed by atoms with Crippen LogP contribution in [0.1, 0.15) is 32.6 Å². The highest BCUT2D eigenvalue weighted by Gasteiger charge is 2.21. The van der Waals surface area contributed by atoms with E-state index in [1.165, 1.54) is 0 Å². The molecule has 1 unspecified atom stereocenters. The van der Waals surface area contributed by atoms with E-state index >= 15 is 0 Å². The lowest BCUT2D eigenvalue weighted by molar-refractivity contribution is -0.123. The van der Waals surface area contributed by atoms with Crippen LogP contribution >= 0.6 is 0 Å². The molecule has 1 atom stereocenters. The van der Waals surface area contributed by atoms with Gasteiger partial charge in [0.2, 0.25) is 0 Å². The number of hydrogen-bond donors (Lipinski definition) is 1. The second-order valence-electron chi connectivity index (χ2n) is 2.57. The van der Waals surface area contributed by atoms with Gasteiger partial charge in [0.1, 0.15) is 5.78 Å². The molecular weight excluding hydrogens is 144 g/mol. The second kappa shape index (κ2) is 5.89. The van der Waals surface area contributed by atoms with E-state index in [0.717, 1.165) is 25.7 Å². The van der Waals surface area contributed by atoms with Crippen molar-refractivity contribution < 1.29 is 14.7 Å². The van der Waals surface area contributed by atoms with Gasteiger partial charge in [0, 0.05) is 12.3 Å². The molecule has 1 saturated carbocycles. The molecule has 0 heterocycles. The summed E-state index contributed by atoms with van der Waals surface area (Å²) in [5, 5.41) is 6.89. The molecule has 0 aromatic heterocycles. The van der Waals surface area contributed by atoms with Crippen LogP contribution in [0.25, 0.3) is 0 Å². The minimum absolute atomic E-state index is 0.250. The second-order valence-corrected chi connectivity index (χ2v) is 2.57. The van der Waals surface area contributed by atoms with Gasteiger partial charge in [0.05, 0.1) is 0 Å². The number of rotatable bonds is 1. The molecule has 1 aliphatic carbocycles. The summed E-state index contributed by atoms with van der Waals surface area (Å²) in [6.07, 6.45) is 4.18. The molecule has 0 aromatic carbocycles. The molecular formula is C8H14O3. The molecule has 0 spiro atoms. The lowest BCUT2D eigenvalue weighted by atomic mass is 10.1. The number of carbonyl (C=O) groups is 2. The van der Waals surface area contributed by atoms with Crippen molar-refractivity contribution in [3.05, 3.63) is 0 Å². The van der Waals surface area contributed by atoms with Crippen molar-refractivity contribution in [1.29, 1.82) is 0 Å². The van der Waals surface area contributed by atoms with Crippen molar-refractivity contribution in [1.82, 2.24) is 0 Å². The Morgan fingerprint density at radius 1 is 1.73 bits per heavy atom. The lowest BCUT2D eigenvalue weighted by Gasteiger charge is -1.98. The van der Waals surface area contributed by atoms with Gasteiger partial charge in [-0.15, -0.1) is 0 Å². The van der Waals surface area contributed by atoms with E-state index in [1.54, 1.807) is 0 Å². The summed E-state index contributed by atoms with van der Waals surface area (Å²) < 4.78 is 0. The zero-order valence-electron chi connectivity index (χ0n) is 6.75. The number of hydrogen-bond acceptors (Lipinski definition) is 2. The first-order valence-corrected chi connectivity index (χ1v) is 3.86. The summed E-state index contributed by atoms with van der Waals surface area (Å²) >= 11 is 0. The molecule has 3 heteroatoms. The van der Waals surface area contributed by atoms with E-state index in [-0.39, 0.29) is 6.47 Å². The first-order chi connectivity index (χ1) is 5.26. The SMILES string of the molecule is CCC1CCCC1=O.O=CO. The summed E-state index contributed by atoms with van der Waals surface area (Å²) in [5.74, 6) is 0.919. The van der Waals surface area contributed by atoms with Crippen molar-refractivity contribution in [3.63, 3.8) is 0 Å². The average molecular weight is 158 g/mol. The van der Waals surface area contributed by atoms with Gasteiger partial charge in [-0.1, -0.05) is 6.92 Å². The third-order valence-electron chi connectivity index (χ3n) is 1.92. The lowest BCUT2D eigenvalue weighted by Crippen LogP contribution is -2.03. The summed E-state index contributed by atoms with van der Waals surface area (Å²) in [4.78, 5) is 19.2. The predicted octanol–water partition coefficient (Wildman–Crippen LogP) is 1.47. The smallest absolute Gasteiger partial charge is 0.290 e. The third-order valence-corrected chi connectivity index (χ3v) is 1.92. The monoisotopic (exact) mass is 158 g/mol. The standard InChI is InChI=1S/C7H12O.CH2O2/c1-2-6-4-3-5-7(6)8;2-1-3/h6H,2-5H2,1H3;1H,(H,2,3). The van der Waals surface area contributed by atoms with Crippen LogP contribution in [-0.4, -0.2) is 17.4 Å². The van der Waals surface area contributed by atoms with E-state index in [1.807, 2.05) is 0 Å². The van der Waals surface area contributed by atoms with Crippen molar-refractivity contribution in [2.75, 3.05) is 0 Å². The first kappa shape index (κ1) is 10.1. The zero-order valence-corrected chi connectivity index (χ0v) is 6.75. The molecule has 0 amide bonds. The summed E-state index contributed by atoms with van der Waals surface area (Å²) in [6, 6.07) is 0. The van der Waals surface area contributed by atoms with E-state index < -0.39 is 0 Å². The van der Waals surface area contributed by atoms with Crippen LogP contribution in [0.3, 0.4) is 0 Å². The topological polar surface area (TPSA) is 54.4 Å². The minimum Gasteiger partial charge on any atom is -0.483 e. The first-order valence-electron chi connectivity index (χ1n) is 3.86. The van der Waals surface area contributed by atoms with Gasteiger partial charge in [-0.25, -0.2) is 0 Å². The fourth-order valence-corrected chi connectivity index (χ4v) is 1.32. The van der Waals surface area contributed by atoms with Crippen LogP contribution in [-0.2, 0) is 9.59 Å². The van der Waals surface area contributed by atoms with Crippen LogP contribution in [0.2, 0.25) is 0 Å². The Hall–Kier alpha value is -0.860. The Labute approximate surface area is 66.4 Å². The summed E-state index contributed by atoms with van der Waals surface area (Å²) in [5.41, 5.74) is 0. The fourth-order valence-electron chi connectivity index (χ4n) is 1.32. The van der Waals surface area contributed by atoms with Crippen LogP contribution in [0, 0.1) is 5.92 Å². The third kappa shape index (κ3) is 3.75. The normalized spacial score (nSPS) is 22.3. The number of carbonyl (C=O) groups excluding carboxylic acids is 1. The van der Waals surface area contributed by atoms with Gasteiger partial charge in [-0.05, 0) is 19.3 Å². The molecule has 0 aromatic rings. The maximum Gasteiger partial charge on any atom is 0.290 e. The molecule has 1 rings (SSSR count). The van der Waals surface area contributed by atoms with Gasteiger partial charge in [-0.3, -0.25) is 9.59 Å². The molecule has 3 nitrogen and oxygen atoms in total. The molecule has 0 bridgehead atoms. The Bertz CT molecular complexity index is 131. The van der Waals surface area contributed by atoms with E-state index in [9.17, 15) is 4.79 Å². The molecule has 11 heavy (non-hydrogen) atoms. The number of Topliss-reactive ketones (excluding diaryl/α,β-unsaturated/α-hetero) is 1. The Morgan fingerprint density at radius 3 is 2.45 bits per heavy atom. The highest BCUT2D eigenvalue weighted by Crippen LogP contribution is 2.23. The van der Waals surface area contributed by atoms with Gasteiger partial charge >= 0.3 is 0 Å². The Morgan fingerprint density at radius 2 is 2.27 bits per heavy atom. The highest BCUT2D eigenvalue weighted by atomic mass is 16.3. The zero-order chi connectivity index (χ0) is 8.69. The quantitative estimate of drug-likeness (QED) is 0.588. The van der Waals surface area contributed by atoms with Crippen molar-refractivity contribution in [2.24, 2.45) is 5.92 Å². The van der Waals surface area contributed by atoms with Crippen molar-refractivity contribution in [2.45, 2.75) is 32.6 Å². The Balaban J connectivity index is 0.000000292. The van der Waals surface area contributed by atoms with E-state index in [2.05, 4.69) is 6.92 Å². The molecule has 1 fully saturated rings. The number of carboxylic acid groups (broad SMARTS) is 1. The maximum atomic E-state index is 10.8. The molecule has 0 radical (unpaired) electrons. The number of ketones is 1.